The number of ketones is 1. The number of furan rings is 1. The predicted octanol–water partition coefficient (Wildman–Crippen LogP) is 2.99. The third kappa shape index (κ3) is 2.85. The molecule has 6 heteroatoms. The van der Waals surface area contributed by atoms with Gasteiger partial charge in [0.25, 0.3) is 0 Å². The van der Waals surface area contributed by atoms with Gasteiger partial charge in [0.1, 0.15) is 5.76 Å². The normalized spacial score (nSPS) is 11.6. The Morgan fingerprint density at radius 1 is 1.11 bits per heavy atom. The molecule has 2 rings (SSSR count). The van der Waals surface area contributed by atoms with Crippen LogP contribution in [-0.2, 0) is 12.7 Å². The lowest BCUT2D eigenvalue weighted by atomic mass is 10.1. The first-order chi connectivity index (χ1) is 8.91. The second-order valence-electron chi connectivity index (χ2n) is 3.87. The summed E-state index contributed by atoms with van der Waals surface area (Å²) < 4.78 is 42.3. The van der Waals surface area contributed by atoms with E-state index < -0.39 is 17.5 Å². The number of hydrogen-bond donors (Lipinski definition) is 1. The van der Waals surface area contributed by atoms with Crippen LogP contribution in [-0.4, -0.2) is 5.78 Å². The molecule has 0 saturated heterocycles. The summed E-state index contributed by atoms with van der Waals surface area (Å²) >= 11 is 0. The van der Waals surface area contributed by atoms with Crippen molar-refractivity contribution >= 4 is 5.78 Å². The maximum absolute atomic E-state index is 12.4. The number of carbonyl (C=O) groups is 1. The average Bonchev–Trinajstić information content (AvgIpc) is 2.86. The third-order valence-corrected chi connectivity index (χ3v) is 2.56. The second kappa shape index (κ2) is 4.89. The van der Waals surface area contributed by atoms with Crippen molar-refractivity contribution in [2.24, 2.45) is 5.73 Å². The van der Waals surface area contributed by atoms with Gasteiger partial charge in [0.2, 0.25) is 5.78 Å². The molecule has 1 heterocycles. The largest absolute Gasteiger partial charge is 0.456 e. The van der Waals surface area contributed by atoms with E-state index in [1.807, 2.05) is 0 Å². The van der Waals surface area contributed by atoms with E-state index >= 15 is 0 Å². The number of alkyl halides is 3. The molecular weight excluding hydrogens is 259 g/mol. The van der Waals surface area contributed by atoms with Gasteiger partial charge in [-0.1, -0.05) is 12.1 Å². The minimum atomic E-state index is -4.42. The van der Waals surface area contributed by atoms with Crippen LogP contribution in [0.3, 0.4) is 0 Å². The maximum atomic E-state index is 12.4. The zero-order chi connectivity index (χ0) is 14.0. The number of benzene rings is 1. The van der Waals surface area contributed by atoms with Crippen LogP contribution < -0.4 is 5.73 Å². The molecule has 1 aromatic heterocycles. The first kappa shape index (κ1) is 13.4. The highest BCUT2D eigenvalue weighted by Gasteiger charge is 2.30. The van der Waals surface area contributed by atoms with Crippen molar-refractivity contribution in [1.82, 2.24) is 0 Å². The van der Waals surface area contributed by atoms with E-state index in [-0.39, 0.29) is 17.9 Å². The molecule has 0 saturated carbocycles. The number of rotatable bonds is 3. The summed E-state index contributed by atoms with van der Waals surface area (Å²) in [7, 11) is 0. The summed E-state index contributed by atoms with van der Waals surface area (Å²) in [5, 5.41) is 0. The van der Waals surface area contributed by atoms with Gasteiger partial charge in [-0.25, -0.2) is 0 Å². The van der Waals surface area contributed by atoms with Crippen LogP contribution in [0.15, 0.2) is 40.8 Å². The Kier molecular flexibility index (Phi) is 3.44. The van der Waals surface area contributed by atoms with E-state index in [1.54, 1.807) is 6.07 Å². The summed E-state index contributed by atoms with van der Waals surface area (Å²) in [6.07, 6.45) is -4.42. The van der Waals surface area contributed by atoms with E-state index in [0.717, 1.165) is 24.3 Å². The maximum Gasteiger partial charge on any atom is 0.416 e. The quantitative estimate of drug-likeness (QED) is 0.871. The molecule has 0 bridgehead atoms. The minimum Gasteiger partial charge on any atom is -0.456 e. The molecule has 2 aromatic rings. The van der Waals surface area contributed by atoms with Gasteiger partial charge in [-0.3, -0.25) is 4.79 Å². The third-order valence-electron chi connectivity index (χ3n) is 2.56. The zero-order valence-electron chi connectivity index (χ0n) is 9.70. The molecule has 19 heavy (non-hydrogen) atoms. The van der Waals surface area contributed by atoms with Gasteiger partial charge in [-0.05, 0) is 24.3 Å². The molecule has 3 nitrogen and oxygen atoms in total. The smallest absolute Gasteiger partial charge is 0.416 e. The van der Waals surface area contributed by atoms with Gasteiger partial charge in [0, 0.05) is 5.56 Å². The highest BCUT2D eigenvalue weighted by atomic mass is 19.4. The molecule has 2 N–H and O–H groups in total. The molecule has 0 aliphatic rings. The number of hydrogen-bond acceptors (Lipinski definition) is 3. The van der Waals surface area contributed by atoms with E-state index in [9.17, 15) is 18.0 Å². The lowest BCUT2D eigenvalue weighted by Gasteiger charge is -2.06. The molecule has 0 amide bonds. The van der Waals surface area contributed by atoms with Crippen LogP contribution in [0.4, 0.5) is 13.2 Å². The average molecular weight is 269 g/mol. The molecule has 0 spiro atoms. The first-order valence-electron chi connectivity index (χ1n) is 5.42. The minimum absolute atomic E-state index is 0.0557. The molecule has 1 aromatic carbocycles. The van der Waals surface area contributed by atoms with Crippen LogP contribution in [0.25, 0.3) is 0 Å². The van der Waals surface area contributed by atoms with Crippen LogP contribution in [0.1, 0.15) is 27.4 Å². The molecular formula is C13H10F3NO2. The molecule has 0 aliphatic carbocycles. The van der Waals surface area contributed by atoms with Gasteiger partial charge < -0.3 is 10.2 Å². The van der Waals surface area contributed by atoms with Crippen LogP contribution in [0.5, 0.6) is 0 Å². The first-order valence-corrected chi connectivity index (χ1v) is 5.42. The highest BCUT2D eigenvalue weighted by Crippen LogP contribution is 2.29. The topological polar surface area (TPSA) is 56.2 Å². The Morgan fingerprint density at radius 2 is 1.74 bits per heavy atom. The summed E-state index contributed by atoms with van der Waals surface area (Å²) in [6, 6.07) is 6.96. The molecule has 100 valence electrons. The Bertz CT molecular complexity index is 585. The van der Waals surface area contributed by atoms with Crippen LogP contribution in [0, 0.1) is 0 Å². The van der Waals surface area contributed by atoms with E-state index in [1.165, 1.54) is 6.07 Å². The van der Waals surface area contributed by atoms with E-state index in [2.05, 4.69) is 0 Å². The van der Waals surface area contributed by atoms with Crippen molar-refractivity contribution in [2.45, 2.75) is 12.7 Å². The van der Waals surface area contributed by atoms with Gasteiger partial charge in [-0.2, -0.15) is 13.2 Å². The molecule has 0 radical (unpaired) electrons. The molecule has 0 atom stereocenters. The van der Waals surface area contributed by atoms with Crippen molar-refractivity contribution in [3.8, 4) is 0 Å². The van der Waals surface area contributed by atoms with Crippen molar-refractivity contribution < 1.29 is 22.4 Å². The van der Waals surface area contributed by atoms with Crippen molar-refractivity contribution in [2.75, 3.05) is 0 Å². The number of carbonyl (C=O) groups excluding carboxylic acids is 1. The van der Waals surface area contributed by atoms with Gasteiger partial charge in [0.05, 0.1) is 12.1 Å². The zero-order valence-corrected chi connectivity index (χ0v) is 9.70. The predicted molar refractivity (Wildman–Crippen MR) is 61.5 cm³/mol. The molecule has 0 unspecified atom stereocenters. The lowest BCUT2D eigenvalue weighted by Crippen LogP contribution is -2.06. The Morgan fingerprint density at radius 3 is 2.21 bits per heavy atom. The lowest BCUT2D eigenvalue weighted by molar-refractivity contribution is -0.137. The molecule has 0 fully saturated rings. The number of halogens is 3. The fraction of sp³-hybridized carbons (Fsp3) is 0.154. The fourth-order valence-corrected chi connectivity index (χ4v) is 1.56. The second-order valence-corrected chi connectivity index (χ2v) is 3.87. The summed E-state index contributed by atoms with van der Waals surface area (Å²) in [5.74, 6) is 0.0175. The highest BCUT2D eigenvalue weighted by molar-refractivity contribution is 6.07. The summed E-state index contributed by atoms with van der Waals surface area (Å²) in [4.78, 5) is 11.9. The van der Waals surface area contributed by atoms with Crippen LogP contribution >= 0.6 is 0 Å². The summed E-state index contributed by atoms with van der Waals surface area (Å²) in [6.45, 7) is 0.153. The van der Waals surface area contributed by atoms with Crippen LogP contribution in [0.2, 0.25) is 0 Å². The monoisotopic (exact) mass is 269 g/mol. The van der Waals surface area contributed by atoms with E-state index in [4.69, 9.17) is 10.2 Å². The van der Waals surface area contributed by atoms with Crippen molar-refractivity contribution in [3.05, 3.63) is 59.0 Å². The molecule has 0 aliphatic heterocycles. The van der Waals surface area contributed by atoms with Gasteiger partial charge >= 0.3 is 6.18 Å². The van der Waals surface area contributed by atoms with E-state index in [0.29, 0.717) is 5.76 Å². The van der Waals surface area contributed by atoms with Gasteiger partial charge in [0.15, 0.2) is 5.76 Å². The summed E-state index contributed by atoms with van der Waals surface area (Å²) in [5.41, 5.74) is 4.67. The van der Waals surface area contributed by atoms with Crippen molar-refractivity contribution in [1.29, 1.82) is 0 Å². The van der Waals surface area contributed by atoms with Crippen molar-refractivity contribution in [3.63, 3.8) is 0 Å². The Labute approximate surface area is 106 Å². The Hall–Kier alpha value is -2.08. The number of nitrogens with two attached hydrogens (primary N) is 1. The van der Waals surface area contributed by atoms with Gasteiger partial charge in [-0.15, -0.1) is 0 Å². The SMILES string of the molecule is NCc1ccc(C(=O)c2ccc(C(F)(F)F)cc2)o1. The Balaban J connectivity index is 2.25. The fourth-order valence-electron chi connectivity index (χ4n) is 1.56. The standard InChI is InChI=1S/C13H10F3NO2/c14-13(15,16)9-3-1-8(2-4-9)12(18)11-6-5-10(7-17)19-11/h1-6H,7,17H2.